The molecular weight excluding hydrogens is 326 g/mol. The van der Waals surface area contributed by atoms with E-state index in [-0.39, 0.29) is 12.5 Å². The van der Waals surface area contributed by atoms with E-state index in [2.05, 4.69) is 6.92 Å². The zero-order valence-electron chi connectivity index (χ0n) is 14.0. The molecule has 4 nitrogen and oxygen atoms in total. The molecule has 0 atom stereocenters. The molecule has 2 aromatic rings. The number of halogens is 1. The van der Waals surface area contributed by atoms with Crippen molar-refractivity contribution >= 4 is 17.5 Å². The molecule has 0 spiro atoms. The Morgan fingerprint density at radius 3 is 2.17 bits per heavy atom. The van der Waals surface area contributed by atoms with Crippen molar-refractivity contribution in [3.63, 3.8) is 0 Å². The number of nitrogens with zero attached hydrogens (tertiary/aromatic N) is 1. The highest BCUT2D eigenvalue weighted by atomic mass is 35.5. The van der Waals surface area contributed by atoms with E-state index in [0.29, 0.717) is 23.9 Å². The van der Waals surface area contributed by atoms with Crippen LogP contribution >= 0.6 is 11.6 Å². The van der Waals surface area contributed by atoms with E-state index in [1.807, 2.05) is 36.4 Å². The normalized spacial score (nSPS) is 10.3. The first-order chi connectivity index (χ1) is 11.6. The minimum absolute atomic E-state index is 0.000741. The highest BCUT2D eigenvalue weighted by molar-refractivity contribution is 6.30. The molecule has 0 radical (unpaired) electrons. The van der Waals surface area contributed by atoms with Crippen LogP contribution in [0.4, 0.5) is 0 Å². The number of amides is 1. The lowest BCUT2D eigenvalue weighted by Gasteiger charge is -2.17. The zero-order chi connectivity index (χ0) is 17.4. The average Bonchev–Trinajstić information content (AvgIpc) is 2.60. The van der Waals surface area contributed by atoms with Crippen molar-refractivity contribution in [2.75, 3.05) is 20.3 Å². The van der Waals surface area contributed by atoms with Gasteiger partial charge in [-0.1, -0.05) is 30.7 Å². The zero-order valence-corrected chi connectivity index (χ0v) is 14.8. The highest BCUT2D eigenvalue weighted by Crippen LogP contribution is 2.18. The van der Waals surface area contributed by atoms with Crippen molar-refractivity contribution in [3.8, 4) is 11.5 Å². The van der Waals surface area contributed by atoms with E-state index >= 15 is 0 Å². The van der Waals surface area contributed by atoms with E-state index in [1.54, 1.807) is 24.1 Å². The standard InChI is InChI=1S/C19H22ClNO3/c1-3-12-23-17-8-10-18(11-9-17)24-14-19(22)21(2)13-15-4-6-16(20)7-5-15/h4-11H,3,12-14H2,1-2H3. The van der Waals surface area contributed by atoms with Crippen molar-refractivity contribution in [3.05, 3.63) is 59.1 Å². The van der Waals surface area contributed by atoms with Crippen molar-refractivity contribution in [1.82, 2.24) is 4.90 Å². The predicted molar refractivity (Wildman–Crippen MR) is 95.6 cm³/mol. The summed E-state index contributed by atoms with van der Waals surface area (Å²) in [5, 5.41) is 0.683. The summed E-state index contributed by atoms with van der Waals surface area (Å²) in [5.41, 5.74) is 1.02. The van der Waals surface area contributed by atoms with Gasteiger partial charge >= 0.3 is 0 Å². The van der Waals surface area contributed by atoms with Gasteiger partial charge in [0.15, 0.2) is 6.61 Å². The van der Waals surface area contributed by atoms with Crippen LogP contribution in [0.15, 0.2) is 48.5 Å². The Hall–Kier alpha value is -2.20. The summed E-state index contributed by atoms with van der Waals surface area (Å²) in [5.74, 6) is 1.36. The van der Waals surface area contributed by atoms with Crippen LogP contribution in [0, 0.1) is 0 Å². The SMILES string of the molecule is CCCOc1ccc(OCC(=O)N(C)Cc2ccc(Cl)cc2)cc1. The summed E-state index contributed by atoms with van der Waals surface area (Å²) in [6.45, 7) is 3.26. The molecule has 0 saturated carbocycles. The summed E-state index contributed by atoms with van der Waals surface area (Å²) in [7, 11) is 1.75. The van der Waals surface area contributed by atoms with E-state index in [0.717, 1.165) is 17.7 Å². The third-order valence-electron chi connectivity index (χ3n) is 3.42. The molecule has 0 heterocycles. The Kier molecular flexibility index (Phi) is 6.94. The quantitative estimate of drug-likeness (QED) is 0.719. The first-order valence-electron chi connectivity index (χ1n) is 7.92. The van der Waals surface area contributed by atoms with E-state index in [4.69, 9.17) is 21.1 Å². The first-order valence-corrected chi connectivity index (χ1v) is 8.30. The van der Waals surface area contributed by atoms with Gasteiger partial charge in [0.1, 0.15) is 11.5 Å². The summed E-state index contributed by atoms with van der Waals surface area (Å²) < 4.78 is 11.0. The molecule has 0 saturated heterocycles. The lowest BCUT2D eigenvalue weighted by Crippen LogP contribution is -2.30. The number of benzene rings is 2. The smallest absolute Gasteiger partial charge is 0.260 e. The maximum Gasteiger partial charge on any atom is 0.260 e. The van der Waals surface area contributed by atoms with Crippen LogP contribution in [0.25, 0.3) is 0 Å². The van der Waals surface area contributed by atoms with Crippen LogP contribution in [0.1, 0.15) is 18.9 Å². The Balaban J connectivity index is 1.80. The van der Waals surface area contributed by atoms with Gasteiger partial charge in [0.05, 0.1) is 6.61 Å². The van der Waals surface area contributed by atoms with Gasteiger partial charge in [0.25, 0.3) is 5.91 Å². The number of hydrogen-bond donors (Lipinski definition) is 0. The predicted octanol–water partition coefficient (Wildman–Crippen LogP) is 4.17. The second-order valence-electron chi connectivity index (χ2n) is 5.48. The first kappa shape index (κ1) is 18.1. The molecule has 0 unspecified atom stereocenters. The van der Waals surface area contributed by atoms with Crippen LogP contribution in [-0.2, 0) is 11.3 Å². The molecule has 0 aliphatic rings. The van der Waals surface area contributed by atoms with Gasteiger partial charge in [-0.25, -0.2) is 0 Å². The fourth-order valence-corrected chi connectivity index (χ4v) is 2.19. The van der Waals surface area contributed by atoms with E-state index in [9.17, 15) is 4.79 Å². The van der Waals surface area contributed by atoms with Crippen LogP contribution in [0.5, 0.6) is 11.5 Å². The minimum atomic E-state index is -0.0868. The Morgan fingerprint density at radius 2 is 1.58 bits per heavy atom. The molecular formula is C19H22ClNO3. The number of ether oxygens (including phenoxy) is 2. The molecule has 24 heavy (non-hydrogen) atoms. The van der Waals surface area contributed by atoms with Crippen LogP contribution < -0.4 is 9.47 Å². The monoisotopic (exact) mass is 347 g/mol. The van der Waals surface area contributed by atoms with Gasteiger partial charge in [-0.3, -0.25) is 4.79 Å². The third-order valence-corrected chi connectivity index (χ3v) is 3.67. The van der Waals surface area contributed by atoms with E-state index < -0.39 is 0 Å². The number of rotatable bonds is 8. The second kappa shape index (κ2) is 9.18. The number of carbonyl (C=O) groups excluding carboxylic acids is 1. The fraction of sp³-hybridized carbons (Fsp3) is 0.316. The van der Waals surface area contributed by atoms with Crippen LogP contribution in [0.3, 0.4) is 0 Å². The van der Waals surface area contributed by atoms with Gasteiger partial charge in [-0.2, -0.15) is 0 Å². The molecule has 0 fully saturated rings. The van der Waals surface area contributed by atoms with Crippen molar-refractivity contribution in [2.24, 2.45) is 0 Å². The molecule has 2 aromatic carbocycles. The summed E-state index contributed by atoms with van der Waals surface area (Å²) in [4.78, 5) is 13.8. The molecule has 2 rings (SSSR count). The summed E-state index contributed by atoms with van der Waals surface area (Å²) >= 11 is 5.86. The maximum absolute atomic E-state index is 12.1. The molecule has 0 aliphatic heterocycles. The van der Waals surface area contributed by atoms with Crippen LogP contribution in [0.2, 0.25) is 5.02 Å². The molecule has 0 N–H and O–H groups in total. The van der Waals surface area contributed by atoms with Crippen molar-refractivity contribution < 1.29 is 14.3 Å². The molecule has 0 aliphatic carbocycles. The van der Waals surface area contributed by atoms with Gasteiger partial charge in [0, 0.05) is 18.6 Å². The maximum atomic E-state index is 12.1. The van der Waals surface area contributed by atoms with Gasteiger partial charge < -0.3 is 14.4 Å². The Labute approximate surface area is 147 Å². The minimum Gasteiger partial charge on any atom is -0.494 e. The van der Waals surface area contributed by atoms with Crippen molar-refractivity contribution in [1.29, 1.82) is 0 Å². The number of carbonyl (C=O) groups is 1. The summed E-state index contributed by atoms with van der Waals surface area (Å²) in [6.07, 6.45) is 0.965. The Morgan fingerprint density at radius 1 is 1.00 bits per heavy atom. The highest BCUT2D eigenvalue weighted by Gasteiger charge is 2.10. The number of hydrogen-bond acceptors (Lipinski definition) is 3. The van der Waals surface area contributed by atoms with Gasteiger partial charge in [0.2, 0.25) is 0 Å². The third kappa shape index (κ3) is 5.78. The molecule has 5 heteroatoms. The van der Waals surface area contributed by atoms with Crippen molar-refractivity contribution in [2.45, 2.75) is 19.9 Å². The topological polar surface area (TPSA) is 38.8 Å². The van der Waals surface area contributed by atoms with E-state index in [1.165, 1.54) is 0 Å². The summed E-state index contributed by atoms with van der Waals surface area (Å²) in [6, 6.07) is 14.7. The van der Waals surface area contributed by atoms with Crippen LogP contribution in [-0.4, -0.2) is 31.1 Å². The second-order valence-corrected chi connectivity index (χ2v) is 5.92. The molecule has 1 amide bonds. The molecule has 0 bridgehead atoms. The Bertz CT molecular complexity index is 641. The van der Waals surface area contributed by atoms with Gasteiger partial charge in [-0.15, -0.1) is 0 Å². The van der Waals surface area contributed by atoms with Gasteiger partial charge in [-0.05, 0) is 48.4 Å². The lowest BCUT2D eigenvalue weighted by molar-refractivity contribution is -0.132. The molecule has 128 valence electrons. The number of likely N-dealkylation sites (N-methyl/N-ethyl adjacent to an activating group) is 1. The fourth-order valence-electron chi connectivity index (χ4n) is 2.06. The largest absolute Gasteiger partial charge is 0.494 e. The molecule has 0 aromatic heterocycles. The lowest BCUT2D eigenvalue weighted by atomic mass is 10.2. The average molecular weight is 348 g/mol.